The number of hydrogen-bond acceptors (Lipinski definition) is 3. The van der Waals surface area contributed by atoms with Crippen molar-refractivity contribution in [3.63, 3.8) is 0 Å². The molecule has 2 aromatic carbocycles. The predicted molar refractivity (Wildman–Crippen MR) is 113 cm³/mol. The monoisotopic (exact) mass is 392 g/mol. The van der Waals surface area contributed by atoms with Gasteiger partial charge in [-0.15, -0.1) is 0 Å². The average molecular weight is 392 g/mol. The minimum absolute atomic E-state index is 0.0522. The standard InChI is InChI=1S/C24H28N2O3/c27-23(17-22-21-6-2-1-5-19(21)13-16-29-22)25-20-10-7-18(8-11-20)9-12-24(28)26-14-3-4-15-26/h1-2,5-8,10-11,22H,3-4,9,12-17H2,(H,25,27). The molecule has 5 heteroatoms. The van der Waals surface area contributed by atoms with Gasteiger partial charge in [-0.3, -0.25) is 9.59 Å². The minimum Gasteiger partial charge on any atom is -0.373 e. The zero-order chi connectivity index (χ0) is 20.1. The quantitative estimate of drug-likeness (QED) is 0.812. The second kappa shape index (κ2) is 9.23. The van der Waals surface area contributed by atoms with Crippen molar-refractivity contribution in [2.75, 3.05) is 25.0 Å². The molecule has 0 aromatic heterocycles. The molecule has 2 aromatic rings. The molecule has 2 aliphatic rings. The van der Waals surface area contributed by atoms with E-state index in [1.165, 1.54) is 5.56 Å². The van der Waals surface area contributed by atoms with Crippen LogP contribution >= 0.6 is 0 Å². The topological polar surface area (TPSA) is 58.6 Å². The lowest BCUT2D eigenvalue weighted by Gasteiger charge is -2.25. The number of carbonyl (C=O) groups excluding carboxylic acids is 2. The van der Waals surface area contributed by atoms with Crippen molar-refractivity contribution in [3.05, 3.63) is 65.2 Å². The molecule has 1 N–H and O–H groups in total. The summed E-state index contributed by atoms with van der Waals surface area (Å²) in [4.78, 5) is 26.6. The van der Waals surface area contributed by atoms with Gasteiger partial charge in [0.15, 0.2) is 0 Å². The Balaban J connectivity index is 1.27. The van der Waals surface area contributed by atoms with Crippen LogP contribution in [-0.4, -0.2) is 36.4 Å². The van der Waals surface area contributed by atoms with Gasteiger partial charge >= 0.3 is 0 Å². The molecule has 0 saturated carbocycles. The molecule has 0 spiro atoms. The number of ether oxygens (including phenoxy) is 1. The van der Waals surface area contributed by atoms with Crippen LogP contribution in [0.1, 0.15) is 48.5 Å². The van der Waals surface area contributed by atoms with Crippen LogP contribution < -0.4 is 5.32 Å². The largest absolute Gasteiger partial charge is 0.373 e. The molecule has 1 atom stereocenters. The lowest BCUT2D eigenvalue weighted by Crippen LogP contribution is -2.27. The van der Waals surface area contributed by atoms with Gasteiger partial charge in [-0.2, -0.15) is 0 Å². The Hall–Kier alpha value is -2.66. The van der Waals surface area contributed by atoms with Gasteiger partial charge in [0.2, 0.25) is 11.8 Å². The van der Waals surface area contributed by atoms with Crippen LogP contribution in [0.25, 0.3) is 0 Å². The van der Waals surface area contributed by atoms with Gasteiger partial charge in [-0.25, -0.2) is 0 Å². The van der Waals surface area contributed by atoms with E-state index in [0.29, 0.717) is 19.4 Å². The number of nitrogens with one attached hydrogen (secondary N) is 1. The molecule has 1 fully saturated rings. The molecule has 5 nitrogen and oxygen atoms in total. The van der Waals surface area contributed by atoms with Crippen molar-refractivity contribution in [1.82, 2.24) is 4.90 Å². The first-order valence-corrected chi connectivity index (χ1v) is 10.5. The summed E-state index contributed by atoms with van der Waals surface area (Å²) in [6.45, 7) is 2.46. The number of aryl methyl sites for hydroxylation is 1. The zero-order valence-electron chi connectivity index (χ0n) is 16.7. The fraction of sp³-hybridized carbons (Fsp3) is 0.417. The SMILES string of the molecule is O=C(CC1OCCc2ccccc21)Nc1ccc(CCC(=O)N2CCCC2)cc1. The predicted octanol–water partition coefficient (Wildman–Crippen LogP) is 3.88. The zero-order valence-corrected chi connectivity index (χ0v) is 16.7. The molecule has 4 rings (SSSR count). The summed E-state index contributed by atoms with van der Waals surface area (Å²) in [6, 6.07) is 16.0. The summed E-state index contributed by atoms with van der Waals surface area (Å²) in [5, 5.41) is 2.96. The van der Waals surface area contributed by atoms with Crippen LogP contribution in [0, 0.1) is 0 Å². The third-order valence-corrected chi connectivity index (χ3v) is 5.79. The number of benzene rings is 2. The molecule has 1 saturated heterocycles. The van der Waals surface area contributed by atoms with E-state index < -0.39 is 0 Å². The lowest BCUT2D eigenvalue weighted by atomic mass is 9.95. The van der Waals surface area contributed by atoms with E-state index in [-0.39, 0.29) is 17.9 Å². The van der Waals surface area contributed by atoms with Crippen LogP contribution in [-0.2, 0) is 27.2 Å². The first kappa shape index (κ1) is 19.6. The molecule has 29 heavy (non-hydrogen) atoms. The van der Waals surface area contributed by atoms with Crippen molar-refractivity contribution < 1.29 is 14.3 Å². The van der Waals surface area contributed by atoms with Crippen molar-refractivity contribution in [2.24, 2.45) is 0 Å². The van der Waals surface area contributed by atoms with E-state index in [9.17, 15) is 9.59 Å². The number of anilines is 1. The highest BCUT2D eigenvalue weighted by molar-refractivity contribution is 5.91. The van der Waals surface area contributed by atoms with Crippen molar-refractivity contribution >= 4 is 17.5 Å². The van der Waals surface area contributed by atoms with Gasteiger partial charge in [0.05, 0.1) is 19.1 Å². The Labute approximate surface area is 172 Å². The van der Waals surface area contributed by atoms with Crippen molar-refractivity contribution in [2.45, 2.75) is 44.6 Å². The molecule has 0 radical (unpaired) electrons. The maximum Gasteiger partial charge on any atom is 0.227 e. The number of amides is 2. The van der Waals surface area contributed by atoms with Gasteiger partial charge in [-0.1, -0.05) is 36.4 Å². The third kappa shape index (κ3) is 5.04. The van der Waals surface area contributed by atoms with Crippen LogP contribution in [0.3, 0.4) is 0 Å². The van der Waals surface area contributed by atoms with Gasteiger partial charge in [0.25, 0.3) is 0 Å². The molecular weight excluding hydrogens is 364 g/mol. The van der Waals surface area contributed by atoms with Gasteiger partial charge < -0.3 is 15.0 Å². The number of rotatable bonds is 6. The number of hydrogen-bond donors (Lipinski definition) is 1. The summed E-state index contributed by atoms with van der Waals surface area (Å²) >= 11 is 0. The maximum atomic E-state index is 12.5. The van der Waals surface area contributed by atoms with E-state index in [1.807, 2.05) is 47.4 Å². The highest BCUT2D eigenvalue weighted by Gasteiger charge is 2.23. The third-order valence-electron chi connectivity index (χ3n) is 5.79. The summed E-state index contributed by atoms with van der Waals surface area (Å²) < 4.78 is 5.83. The van der Waals surface area contributed by atoms with Crippen LogP contribution in [0.2, 0.25) is 0 Å². The fourth-order valence-corrected chi connectivity index (χ4v) is 4.16. The molecule has 2 amide bonds. The molecular formula is C24H28N2O3. The van der Waals surface area contributed by atoms with Crippen LogP contribution in [0.5, 0.6) is 0 Å². The molecule has 2 heterocycles. The van der Waals surface area contributed by atoms with Crippen molar-refractivity contribution in [3.8, 4) is 0 Å². The number of likely N-dealkylation sites (tertiary alicyclic amines) is 1. The van der Waals surface area contributed by atoms with Gasteiger partial charge in [0.1, 0.15) is 0 Å². The first-order chi connectivity index (χ1) is 14.2. The molecule has 152 valence electrons. The van der Waals surface area contributed by atoms with Crippen molar-refractivity contribution in [1.29, 1.82) is 0 Å². The van der Waals surface area contributed by atoms with E-state index >= 15 is 0 Å². The first-order valence-electron chi connectivity index (χ1n) is 10.5. The van der Waals surface area contributed by atoms with Gasteiger partial charge in [-0.05, 0) is 54.5 Å². The Kier molecular flexibility index (Phi) is 6.25. The number of nitrogens with zero attached hydrogens (tertiary/aromatic N) is 1. The molecule has 2 aliphatic heterocycles. The second-order valence-corrected chi connectivity index (χ2v) is 7.85. The van der Waals surface area contributed by atoms with Gasteiger partial charge in [0, 0.05) is 25.2 Å². The molecule has 0 aliphatic carbocycles. The number of carbonyl (C=O) groups is 2. The smallest absolute Gasteiger partial charge is 0.227 e. The summed E-state index contributed by atoms with van der Waals surface area (Å²) in [5.74, 6) is 0.191. The fourth-order valence-electron chi connectivity index (χ4n) is 4.16. The lowest BCUT2D eigenvalue weighted by molar-refractivity contribution is -0.130. The molecule has 0 bridgehead atoms. The average Bonchev–Trinajstić information content (AvgIpc) is 3.28. The number of fused-ring (bicyclic) bond motifs is 1. The van der Waals surface area contributed by atoms with Crippen LogP contribution in [0.4, 0.5) is 5.69 Å². The van der Waals surface area contributed by atoms with E-state index in [2.05, 4.69) is 11.4 Å². The second-order valence-electron chi connectivity index (χ2n) is 7.85. The summed E-state index contributed by atoms with van der Waals surface area (Å²) in [6.07, 6.45) is 4.55. The normalized spacial score (nSPS) is 18.3. The summed E-state index contributed by atoms with van der Waals surface area (Å²) in [5.41, 5.74) is 4.27. The Morgan fingerprint density at radius 3 is 2.59 bits per heavy atom. The minimum atomic E-state index is -0.184. The Bertz CT molecular complexity index is 857. The highest BCUT2D eigenvalue weighted by atomic mass is 16.5. The highest BCUT2D eigenvalue weighted by Crippen LogP contribution is 2.29. The maximum absolute atomic E-state index is 12.5. The molecule has 1 unspecified atom stereocenters. The Morgan fingerprint density at radius 1 is 1.03 bits per heavy atom. The van der Waals surface area contributed by atoms with E-state index in [1.54, 1.807) is 0 Å². The van der Waals surface area contributed by atoms with Crippen LogP contribution in [0.15, 0.2) is 48.5 Å². The van der Waals surface area contributed by atoms with E-state index in [0.717, 1.165) is 55.6 Å². The van der Waals surface area contributed by atoms with E-state index in [4.69, 9.17) is 4.74 Å². The Morgan fingerprint density at radius 2 is 1.79 bits per heavy atom. The summed E-state index contributed by atoms with van der Waals surface area (Å²) in [7, 11) is 0.